The summed E-state index contributed by atoms with van der Waals surface area (Å²) in [6.07, 6.45) is 2.95. The molecule has 0 atom stereocenters. The lowest BCUT2D eigenvalue weighted by Gasteiger charge is -1.96. The first-order chi connectivity index (χ1) is 5.66. The first-order valence-electron chi connectivity index (χ1n) is 3.20. The summed E-state index contributed by atoms with van der Waals surface area (Å²) in [4.78, 5) is 0. The zero-order valence-electron chi connectivity index (χ0n) is 6.45. The first kappa shape index (κ1) is 9.06. The van der Waals surface area contributed by atoms with Crippen LogP contribution in [0.5, 0.6) is 0 Å². The number of nitrogens with zero attached hydrogens (tertiary/aromatic N) is 3. The van der Waals surface area contributed by atoms with E-state index in [-0.39, 0.29) is 0 Å². The Hall–Kier alpha value is -1.03. The summed E-state index contributed by atoms with van der Waals surface area (Å²) in [5, 5.41) is 12.4. The Morgan fingerprint density at radius 2 is 2.58 bits per heavy atom. The van der Waals surface area contributed by atoms with Crippen LogP contribution < -0.4 is 5.73 Å². The highest BCUT2D eigenvalue weighted by Crippen LogP contribution is 2.15. The maximum absolute atomic E-state index is 8.36. The Morgan fingerprint density at radius 1 is 1.92 bits per heavy atom. The molecule has 1 aromatic rings. The van der Waals surface area contributed by atoms with E-state index in [1.165, 1.54) is 6.08 Å². The molecule has 1 heterocycles. The molecule has 0 aromatic carbocycles. The predicted octanol–water partition coefficient (Wildman–Crippen LogP) is 0.848. The summed E-state index contributed by atoms with van der Waals surface area (Å²) in [5.41, 5.74) is 6.86. The summed E-state index contributed by atoms with van der Waals surface area (Å²) in [6, 6.07) is 1.88. The molecule has 0 fully saturated rings. The summed E-state index contributed by atoms with van der Waals surface area (Å²) >= 11 is 2.13. The molecular formula is C7H7IN4. The van der Waals surface area contributed by atoms with Gasteiger partial charge in [0.05, 0.1) is 18.0 Å². The van der Waals surface area contributed by atoms with E-state index in [4.69, 9.17) is 11.0 Å². The third kappa shape index (κ3) is 1.58. The molecular weight excluding hydrogens is 267 g/mol. The summed E-state index contributed by atoms with van der Waals surface area (Å²) in [7, 11) is 1.82. The number of halogens is 1. The van der Waals surface area contributed by atoms with E-state index in [2.05, 4.69) is 27.7 Å². The molecule has 0 radical (unpaired) electrons. The highest BCUT2D eigenvalue weighted by atomic mass is 127. The molecule has 0 spiro atoms. The van der Waals surface area contributed by atoms with Crippen LogP contribution in [0.4, 0.5) is 0 Å². The van der Waals surface area contributed by atoms with Crippen LogP contribution in [0.2, 0.25) is 0 Å². The lowest BCUT2D eigenvalue weighted by Crippen LogP contribution is -1.98. The Kier molecular flexibility index (Phi) is 2.70. The van der Waals surface area contributed by atoms with Crippen molar-refractivity contribution in [2.75, 3.05) is 0 Å². The van der Waals surface area contributed by atoms with Crippen LogP contribution in [0.15, 0.2) is 12.3 Å². The number of hydrogen-bond donors (Lipinski definition) is 1. The van der Waals surface area contributed by atoms with E-state index in [1.54, 1.807) is 10.9 Å². The van der Waals surface area contributed by atoms with Crippen molar-refractivity contribution in [3.63, 3.8) is 0 Å². The Balaban J connectivity index is 3.14. The van der Waals surface area contributed by atoms with Gasteiger partial charge in [-0.15, -0.1) is 0 Å². The number of hydrogen-bond acceptors (Lipinski definition) is 3. The number of nitrogens with two attached hydrogens (primary N) is 1. The number of allylic oxidation sites excluding steroid dienone is 1. The van der Waals surface area contributed by atoms with Crippen molar-refractivity contribution in [1.29, 1.82) is 5.26 Å². The molecule has 4 nitrogen and oxygen atoms in total. The topological polar surface area (TPSA) is 67.6 Å². The zero-order chi connectivity index (χ0) is 9.14. The van der Waals surface area contributed by atoms with Crippen LogP contribution in [0.1, 0.15) is 5.56 Å². The highest BCUT2D eigenvalue weighted by molar-refractivity contribution is 14.1. The largest absolute Gasteiger partial charge is 0.398 e. The fraction of sp³-hybridized carbons (Fsp3) is 0.143. The monoisotopic (exact) mass is 274 g/mol. The molecule has 0 aliphatic heterocycles. The van der Waals surface area contributed by atoms with Crippen molar-refractivity contribution in [1.82, 2.24) is 9.78 Å². The van der Waals surface area contributed by atoms with Crippen molar-refractivity contribution in [3.05, 3.63) is 21.5 Å². The quantitative estimate of drug-likeness (QED) is 0.609. The maximum Gasteiger partial charge on any atom is 0.108 e. The second kappa shape index (κ2) is 3.58. The summed E-state index contributed by atoms with van der Waals surface area (Å²) < 4.78 is 2.63. The highest BCUT2D eigenvalue weighted by Gasteiger charge is 2.06. The van der Waals surface area contributed by atoms with E-state index in [9.17, 15) is 0 Å². The summed E-state index contributed by atoms with van der Waals surface area (Å²) in [5.74, 6) is 0. The van der Waals surface area contributed by atoms with Crippen molar-refractivity contribution >= 4 is 28.3 Å². The minimum absolute atomic E-state index is 0.454. The van der Waals surface area contributed by atoms with Crippen molar-refractivity contribution < 1.29 is 0 Å². The van der Waals surface area contributed by atoms with E-state index in [0.717, 1.165) is 9.26 Å². The lowest BCUT2D eigenvalue weighted by atomic mass is 10.2. The molecule has 1 rings (SSSR count). The van der Waals surface area contributed by atoms with Gasteiger partial charge in [0.15, 0.2) is 0 Å². The van der Waals surface area contributed by atoms with Crippen molar-refractivity contribution in [2.24, 2.45) is 12.8 Å². The molecule has 5 heteroatoms. The number of rotatable bonds is 1. The third-order valence-corrected chi connectivity index (χ3v) is 2.68. The van der Waals surface area contributed by atoms with Gasteiger partial charge in [-0.3, -0.25) is 4.68 Å². The van der Waals surface area contributed by atoms with Gasteiger partial charge in [-0.2, -0.15) is 10.4 Å². The molecule has 1 aromatic heterocycles. The average Bonchev–Trinajstić information content (AvgIpc) is 2.34. The Labute approximate surface area is 83.8 Å². The maximum atomic E-state index is 8.36. The van der Waals surface area contributed by atoms with Crippen LogP contribution in [0, 0.1) is 15.0 Å². The van der Waals surface area contributed by atoms with E-state index in [1.807, 2.05) is 13.1 Å². The molecule has 62 valence electrons. The number of aryl methyl sites for hydroxylation is 1. The van der Waals surface area contributed by atoms with Crippen LogP contribution in [-0.4, -0.2) is 9.78 Å². The molecule has 0 aliphatic carbocycles. The molecule has 0 saturated carbocycles. The van der Waals surface area contributed by atoms with Gasteiger partial charge in [-0.1, -0.05) is 0 Å². The minimum atomic E-state index is 0.454. The van der Waals surface area contributed by atoms with E-state index in [0.29, 0.717) is 5.70 Å². The summed E-state index contributed by atoms with van der Waals surface area (Å²) in [6.45, 7) is 0. The third-order valence-electron chi connectivity index (χ3n) is 1.40. The second-order valence-electron chi connectivity index (χ2n) is 2.20. The van der Waals surface area contributed by atoms with Gasteiger partial charge >= 0.3 is 0 Å². The van der Waals surface area contributed by atoms with E-state index >= 15 is 0 Å². The van der Waals surface area contributed by atoms with Crippen LogP contribution in [0.25, 0.3) is 5.70 Å². The van der Waals surface area contributed by atoms with Gasteiger partial charge < -0.3 is 5.73 Å². The van der Waals surface area contributed by atoms with Crippen LogP contribution in [0.3, 0.4) is 0 Å². The van der Waals surface area contributed by atoms with E-state index < -0.39 is 0 Å². The van der Waals surface area contributed by atoms with Gasteiger partial charge in [0.2, 0.25) is 0 Å². The molecule has 0 amide bonds. The van der Waals surface area contributed by atoms with Crippen molar-refractivity contribution in [3.8, 4) is 6.07 Å². The van der Waals surface area contributed by atoms with Gasteiger partial charge in [0, 0.05) is 18.7 Å². The Morgan fingerprint density at radius 3 is 3.00 bits per heavy atom. The fourth-order valence-electron chi connectivity index (χ4n) is 0.764. The normalized spacial score (nSPS) is 11.2. The fourth-order valence-corrected chi connectivity index (χ4v) is 1.34. The predicted molar refractivity (Wildman–Crippen MR) is 53.7 cm³/mol. The Bertz CT molecular complexity index is 358. The number of aromatic nitrogens is 2. The van der Waals surface area contributed by atoms with Gasteiger partial charge in [-0.25, -0.2) is 0 Å². The van der Waals surface area contributed by atoms with Crippen molar-refractivity contribution in [2.45, 2.75) is 0 Å². The van der Waals surface area contributed by atoms with Gasteiger partial charge in [0.25, 0.3) is 0 Å². The zero-order valence-corrected chi connectivity index (χ0v) is 8.61. The lowest BCUT2D eigenvalue weighted by molar-refractivity contribution is 0.747. The standard InChI is InChI=1S/C7H7IN4/c1-12-7(8)5(4-11-12)6(10)2-3-9/h2,4H,10H2,1H3/b6-2-. The molecule has 0 saturated heterocycles. The van der Waals surface area contributed by atoms with Crippen LogP contribution >= 0.6 is 22.6 Å². The molecule has 0 bridgehead atoms. The SMILES string of the molecule is Cn1ncc(/C(N)=C/C#N)c1I. The smallest absolute Gasteiger partial charge is 0.108 e. The van der Waals surface area contributed by atoms with Gasteiger partial charge in [0.1, 0.15) is 3.70 Å². The molecule has 12 heavy (non-hydrogen) atoms. The number of nitriles is 1. The molecule has 0 unspecified atom stereocenters. The van der Waals surface area contributed by atoms with Crippen LogP contribution in [-0.2, 0) is 7.05 Å². The second-order valence-corrected chi connectivity index (χ2v) is 3.22. The minimum Gasteiger partial charge on any atom is -0.398 e. The first-order valence-corrected chi connectivity index (χ1v) is 4.28. The molecule has 2 N–H and O–H groups in total. The average molecular weight is 274 g/mol. The molecule has 0 aliphatic rings. The van der Waals surface area contributed by atoms with Gasteiger partial charge in [-0.05, 0) is 22.6 Å².